The van der Waals surface area contributed by atoms with Gasteiger partial charge in [0.15, 0.2) is 0 Å². The summed E-state index contributed by atoms with van der Waals surface area (Å²) >= 11 is 1.42. The number of aromatic nitrogens is 2. The molecule has 1 aliphatic heterocycles. The standard InChI is InChI=1S/C10H17N3OS2/c1-7(2)9-12-10(15-13-9)11-8-3-5-16(14)6-4-8/h7-8H,3-6H2,1-2H3,(H,11,12,13). The zero-order chi connectivity index (χ0) is 11.5. The van der Waals surface area contributed by atoms with Crippen LogP contribution in [0.5, 0.6) is 0 Å². The van der Waals surface area contributed by atoms with E-state index in [-0.39, 0.29) is 0 Å². The fraction of sp³-hybridized carbons (Fsp3) is 0.800. The SMILES string of the molecule is CC(C)c1nsc(NC2CCS(=O)CC2)n1. The highest BCUT2D eigenvalue weighted by molar-refractivity contribution is 7.85. The maximum atomic E-state index is 11.2. The van der Waals surface area contributed by atoms with Gasteiger partial charge >= 0.3 is 0 Å². The predicted octanol–water partition coefficient (Wildman–Crippen LogP) is 1.98. The van der Waals surface area contributed by atoms with Crippen LogP contribution in [0.15, 0.2) is 0 Å². The van der Waals surface area contributed by atoms with Crippen LogP contribution < -0.4 is 5.32 Å². The molecule has 2 heterocycles. The topological polar surface area (TPSA) is 54.9 Å². The Kier molecular flexibility index (Phi) is 3.91. The van der Waals surface area contributed by atoms with Gasteiger partial charge in [-0.3, -0.25) is 4.21 Å². The molecule has 0 aliphatic carbocycles. The van der Waals surface area contributed by atoms with Gasteiger partial charge in [0.05, 0.1) is 0 Å². The molecule has 0 amide bonds. The second-order valence-corrected chi connectivity index (χ2v) is 6.83. The van der Waals surface area contributed by atoms with E-state index in [0.717, 1.165) is 35.3 Å². The van der Waals surface area contributed by atoms with Crippen LogP contribution in [0.1, 0.15) is 38.4 Å². The molecule has 1 fully saturated rings. The second kappa shape index (κ2) is 5.23. The zero-order valence-corrected chi connectivity index (χ0v) is 11.2. The first-order chi connectivity index (χ1) is 7.65. The van der Waals surface area contributed by atoms with Gasteiger partial charge < -0.3 is 5.32 Å². The minimum atomic E-state index is -0.594. The number of anilines is 1. The van der Waals surface area contributed by atoms with Crippen molar-refractivity contribution in [1.29, 1.82) is 0 Å². The first kappa shape index (κ1) is 12.0. The fourth-order valence-electron chi connectivity index (χ4n) is 1.64. The largest absolute Gasteiger partial charge is 0.357 e. The van der Waals surface area contributed by atoms with Crippen molar-refractivity contribution in [2.24, 2.45) is 0 Å². The van der Waals surface area contributed by atoms with Crippen molar-refractivity contribution < 1.29 is 4.21 Å². The van der Waals surface area contributed by atoms with Crippen molar-refractivity contribution in [2.45, 2.75) is 38.6 Å². The highest BCUT2D eigenvalue weighted by atomic mass is 32.2. The molecule has 0 radical (unpaired) electrons. The zero-order valence-electron chi connectivity index (χ0n) is 9.60. The average Bonchev–Trinajstić information content (AvgIpc) is 2.70. The predicted molar refractivity (Wildman–Crippen MR) is 68.5 cm³/mol. The Balaban J connectivity index is 1.91. The van der Waals surface area contributed by atoms with Crippen LogP contribution in [0, 0.1) is 0 Å². The molecule has 2 rings (SSSR count). The molecule has 1 aliphatic rings. The van der Waals surface area contributed by atoms with Crippen molar-refractivity contribution in [3.8, 4) is 0 Å². The smallest absolute Gasteiger partial charge is 0.202 e. The van der Waals surface area contributed by atoms with Crippen molar-refractivity contribution in [2.75, 3.05) is 16.8 Å². The molecule has 1 N–H and O–H groups in total. The lowest BCUT2D eigenvalue weighted by atomic mass is 10.2. The van der Waals surface area contributed by atoms with Gasteiger partial charge in [0, 0.05) is 45.8 Å². The third kappa shape index (κ3) is 3.01. The number of hydrogen-bond donors (Lipinski definition) is 1. The quantitative estimate of drug-likeness (QED) is 0.902. The number of nitrogens with zero attached hydrogens (tertiary/aromatic N) is 2. The van der Waals surface area contributed by atoms with Gasteiger partial charge in [0.25, 0.3) is 0 Å². The highest BCUT2D eigenvalue weighted by Gasteiger charge is 2.19. The van der Waals surface area contributed by atoms with Crippen LogP contribution in [-0.2, 0) is 10.8 Å². The van der Waals surface area contributed by atoms with Gasteiger partial charge in [0.2, 0.25) is 5.13 Å². The van der Waals surface area contributed by atoms with Gasteiger partial charge in [-0.15, -0.1) is 0 Å². The molecule has 0 aromatic carbocycles. The minimum Gasteiger partial charge on any atom is -0.357 e. The summed E-state index contributed by atoms with van der Waals surface area (Å²) in [6, 6.07) is 0.422. The van der Waals surface area contributed by atoms with Crippen molar-refractivity contribution in [3.63, 3.8) is 0 Å². The van der Waals surface area contributed by atoms with Crippen LogP contribution in [0.2, 0.25) is 0 Å². The van der Waals surface area contributed by atoms with Gasteiger partial charge in [0.1, 0.15) is 5.82 Å². The van der Waals surface area contributed by atoms with Gasteiger partial charge in [-0.05, 0) is 12.8 Å². The van der Waals surface area contributed by atoms with E-state index in [1.807, 2.05) is 0 Å². The summed E-state index contributed by atoms with van der Waals surface area (Å²) < 4.78 is 15.5. The molecule has 0 saturated carbocycles. The molecule has 1 saturated heterocycles. The van der Waals surface area contributed by atoms with E-state index < -0.39 is 10.8 Å². The summed E-state index contributed by atoms with van der Waals surface area (Å²) in [6.45, 7) is 4.19. The van der Waals surface area contributed by atoms with Crippen LogP contribution in [-0.4, -0.2) is 31.1 Å². The normalized spacial score (nSPS) is 25.9. The molecule has 6 heteroatoms. The first-order valence-corrected chi connectivity index (χ1v) is 7.86. The van der Waals surface area contributed by atoms with E-state index in [1.54, 1.807) is 0 Å². The lowest BCUT2D eigenvalue weighted by Crippen LogP contribution is -2.29. The molecular formula is C10H17N3OS2. The summed E-state index contributed by atoms with van der Waals surface area (Å²) in [7, 11) is -0.594. The Hall–Kier alpha value is -0.490. The lowest BCUT2D eigenvalue weighted by Gasteiger charge is -2.21. The first-order valence-electron chi connectivity index (χ1n) is 5.60. The van der Waals surface area contributed by atoms with E-state index in [9.17, 15) is 4.21 Å². The van der Waals surface area contributed by atoms with Crippen LogP contribution >= 0.6 is 11.5 Å². The third-order valence-corrected chi connectivity index (χ3v) is 4.72. The maximum absolute atomic E-state index is 11.2. The van der Waals surface area contributed by atoms with E-state index in [0.29, 0.717) is 12.0 Å². The molecule has 0 atom stereocenters. The summed E-state index contributed by atoms with van der Waals surface area (Å²) in [5.74, 6) is 2.92. The fourth-order valence-corrected chi connectivity index (χ4v) is 3.73. The number of hydrogen-bond acceptors (Lipinski definition) is 5. The van der Waals surface area contributed by atoms with Gasteiger partial charge in [-0.2, -0.15) is 4.37 Å². The molecular weight excluding hydrogens is 242 g/mol. The average molecular weight is 259 g/mol. The molecule has 0 bridgehead atoms. The van der Waals surface area contributed by atoms with Crippen LogP contribution in [0.25, 0.3) is 0 Å². The van der Waals surface area contributed by atoms with Crippen LogP contribution in [0.3, 0.4) is 0 Å². The monoisotopic (exact) mass is 259 g/mol. The van der Waals surface area contributed by atoms with E-state index in [2.05, 4.69) is 28.5 Å². The van der Waals surface area contributed by atoms with E-state index >= 15 is 0 Å². The Morgan fingerprint density at radius 2 is 2.12 bits per heavy atom. The Bertz CT molecular complexity index is 368. The Morgan fingerprint density at radius 1 is 1.44 bits per heavy atom. The van der Waals surface area contributed by atoms with Crippen molar-refractivity contribution in [3.05, 3.63) is 5.82 Å². The molecule has 4 nitrogen and oxygen atoms in total. The lowest BCUT2D eigenvalue weighted by molar-refractivity contribution is 0.623. The summed E-state index contributed by atoms with van der Waals surface area (Å²) in [4.78, 5) is 4.44. The highest BCUT2D eigenvalue weighted by Crippen LogP contribution is 2.20. The van der Waals surface area contributed by atoms with Crippen molar-refractivity contribution >= 4 is 27.5 Å². The molecule has 90 valence electrons. The molecule has 0 unspecified atom stereocenters. The summed E-state index contributed by atoms with van der Waals surface area (Å²) in [5, 5.41) is 4.29. The molecule has 0 spiro atoms. The molecule has 16 heavy (non-hydrogen) atoms. The summed E-state index contributed by atoms with van der Waals surface area (Å²) in [5.41, 5.74) is 0. The Labute approximate surface area is 102 Å². The second-order valence-electron chi connectivity index (χ2n) is 4.38. The minimum absolute atomic E-state index is 0.380. The van der Waals surface area contributed by atoms with E-state index in [1.165, 1.54) is 11.5 Å². The third-order valence-electron chi connectivity index (χ3n) is 2.67. The van der Waals surface area contributed by atoms with Crippen molar-refractivity contribution in [1.82, 2.24) is 9.36 Å². The molecule has 1 aromatic heterocycles. The maximum Gasteiger partial charge on any atom is 0.202 e. The summed E-state index contributed by atoms with van der Waals surface area (Å²) in [6.07, 6.45) is 1.95. The molecule has 1 aromatic rings. The Morgan fingerprint density at radius 3 is 2.69 bits per heavy atom. The van der Waals surface area contributed by atoms with E-state index in [4.69, 9.17) is 0 Å². The van der Waals surface area contributed by atoms with Gasteiger partial charge in [-0.25, -0.2) is 4.98 Å². The van der Waals surface area contributed by atoms with Gasteiger partial charge in [-0.1, -0.05) is 13.8 Å². The number of rotatable bonds is 3. The number of nitrogens with one attached hydrogen (secondary N) is 1. The van der Waals surface area contributed by atoms with Crippen LogP contribution in [0.4, 0.5) is 5.13 Å².